The molecule has 0 bridgehead atoms. The maximum atomic E-state index is 12.6. The van der Waals surface area contributed by atoms with Crippen molar-refractivity contribution in [1.29, 1.82) is 0 Å². The van der Waals surface area contributed by atoms with E-state index in [1.54, 1.807) is 7.05 Å². The van der Waals surface area contributed by atoms with E-state index in [2.05, 4.69) is 37.5 Å². The summed E-state index contributed by atoms with van der Waals surface area (Å²) in [4.78, 5) is 13.3. The number of aliphatic imine (C=N–C) groups is 1. The van der Waals surface area contributed by atoms with E-state index in [-0.39, 0.29) is 24.0 Å². The Hall–Kier alpha value is -2.08. The number of aromatic nitrogens is 1. The highest BCUT2D eigenvalue weighted by atomic mass is 127. The van der Waals surface area contributed by atoms with E-state index in [1.807, 2.05) is 18.3 Å². The van der Waals surface area contributed by atoms with Crippen LogP contribution in [0, 0.1) is 0 Å². The molecule has 1 aliphatic heterocycles. The quantitative estimate of drug-likeness (QED) is 0.341. The fourth-order valence-corrected chi connectivity index (χ4v) is 3.15. The molecule has 170 valence electrons. The molecule has 0 amide bonds. The third kappa shape index (κ3) is 7.53. The Morgan fingerprint density at radius 1 is 0.968 bits per heavy atom. The molecule has 1 aliphatic rings. The van der Waals surface area contributed by atoms with E-state index < -0.39 is 11.7 Å². The molecular formula is C21H28F3IN6. The van der Waals surface area contributed by atoms with Crippen LogP contribution >= 0.6 is 24.0 Å². The van der Waals surface area contributed by atoms with Gasteiger partial charge in [0.25, 0.3) is 0 Å². The number of likely N-dealkylation sites (N-methyl/N-ethyl adjacent to an activating group) is 1. The molecule has 0 unspecified atom stereocenters. The van der Waals surface area contributed by atoms with Crippen LogP contribution in [0.1, 0.15) is 16.7 Å². The highest BCUT2D eigenvalue weighted by molar-refractivity contribution is 14.0. The largest absolute Gasteiger partial charge is 0.416 e. The maximum Gasteiger partial charge on any atom is 0.416 e. The van der Waals surface area contributed by atoms with Crippen LogP contribution < -0.4 is 15.5 Å². The number of anilines is 1. The van der Waals surface area contributed by atoms with E-state index in [9.17, 15) is 13.2 Å². The number of alkyl halides is 3. The summed E-state index contributed by atoms with van der Waals surface area (Å²) < 4.78 is 37.9. The number of nitrogens with one attached hydrogen (secondary N) is 2. The predicted molar refractivity (Wildman–Crippen MR) is 128 cm³/mol. The molecule has 6 nitrogen and oxygen atoms in total. The Labute approximate surface area is 198 Å². The molecule has 1 aromatic carbocycles. The first kappa shape index (κ1) is 25.2. The minimum atomic E-state index is -4.32. The summed E-state index contributed by atoms with van der Waals surface area (Å²) in [6.45, 7) is 4.93. The van der Waals surface area contributed by atoms with Gasteiger partial charge >= 0.3 is 6.18 Å². The van der Waals surface area contributed by atoms with Crippen molar-refractivity contribution in [3.63, 3.8) is 0 Å². The van der Waals surface area contributed by atoms with Crippen LogP contribution in [0.25, 0.3) is 0 Å². The van der Waals surface area contributed by atoms with Crippen LogP contribution in [0.4, 0.5) is 19.0 Å². The molecule has 1 aromatic heterocycles. The lowest BCUT2D eigenvalue weighted by molar-refractivity contribution is -0.137. The number of benzene rings is 1. The van der Waals surface area contributed by atoms with Crippen molar-refractivity contribution in [2.75, 3.05) is 45.2 Å². The maximum absolute atomic E-state index is 12.6. The number of rotatable bonds is 5. The molecule has 0 aliphatic carbocycles. The van der Waals surface area contributed by atoms with E-state index in [0.29, 0.717) is 19.0 Å². The van der Waals surface area contributed by atoms with Crippen LogP contribution in [0.2, 0.25) is 0 Å². The van der Waals surface area contributed by atoms with Gasteiger partial charge < -0.3 is 20.4 Å². The number of piperazine rings is 1. The van der Waals surface area contributed by atoms with Gasteiger partial charge in [-0.1, -0.05) is 18.2 Å². The summed E-state index contributed by atoms with van der Waals surface area (Å²) in [6, 6.07) is 9.16. The van der Waals surface area contributed by atoms with Crippen molar-refractivity contribution in [2.24, 2.45) is 4.99 Å². The van der Waals surface area contributed by atoms with Crippen LogP contribution in [0.15, 0.2) is 47.6 Å². The van der Waals surface area contributed by atoms with Crippen LogP contribution in [-0.2, 0) is 19.3 Å². The Balaban J connectivity index is 0.00000341. The summed E-state index contributed by atoms with van der Waals surface area (Å²) in [5.74, 6) is 1.55. The molecule has 0 atom stereocenters. The van der Waals surface area contributed by atoms with Crippen molar-refractivity contribution in [1.82, 2.24) is 20.5 Å². The molecule has 2 N–H and O–H groups in total. The van der Waals surface area contributed by atoms with Gasteiger partial charge in [0.05, 0.1) is 5.56 Å². The van der Waals surface area contributed by atoms with E-state index in [4.69, 9.17) is 0 Å². The number of hydrogen-bond donors (Lipinski definition) is 2. The molecule has 31 heavy (non-hydrogen) atoms. The molecule has 2 heterocycles. The smallest absolute Gasteiger partial charge is 0.354 e. The minimum Gasteiger partial charge on any atom is -0.354 e. The van der Waals surface area contributed by atoms with Crippen LogP contribution in [0.5, 0.6) is 0 Å². The van der Waals surface area contributed by atoms with Gasteiger partial charge in [-0.05, 0) is 36.4 Å². The van der Waals surface area contributed by atoms with Gasteiger partial charge in [-0.15, -0.1) is 24.0 Å². The van der Waals surface area contributed by atoms with Gasteiger partial charge in [-0.2, -0.15) is 13.2 Å². The Morgan fingerprint density at radius 3 is 2.06 bits per heavy atom. The first-order chi connectivity index (χ1) is 14.3. The standard InChI is InChI=1S/C21H27F3N6.HI/c1-25-20(27-13-16-3-6-18(7-4-16)21(22,23)24)28-15-17-5-8-19(26-14-17)30-11-9-29(2)10-12-30;/h3-8,14H,9-13,15H2,1-2H3,(H2,25,27,28);1H. The highest BCUT2D eigenvalue weighted by Crippen LogP contribution is 2.29. The topological polar surface area (TPSA) is 55.8 Å². The zero-order chi connectivity index (χ0) is 21.6. The van der Waals surface area contributed by atoms with Crippen molar-refractivity contribution < 1.29 is 13.2 Å². The Bertz CT molecular complexity index is 832. The fraction of sp³-hybridized carbons (Fsp3) is 0.429. The molecule has 0 spiro atoms. The second-order valence-electron chi connectivity index (χ2n) is 7.29. The minimum absolute atomic E-state index is 0. The second-order valence-corrected chi connectivity index (χ2v) is 7.29. The van der Waals surface area contributed by atoms with Gasteiger partial charge in [-0.25, -0.2) is 4.98 Å². The molecule has 10 heteroatoms. The summed E-state index contributed by atoms with van der Waals surface area (Å²) in [5.41, 5.74) is 1.11. The molecule has 0 saturated carbocycles. The number of halogens is 4. The predicted octanol–water partition coefficient (Wildman–Crippen LogP) is 3.34. The van der Waals surface area contributed by atoms with Gasteiger partial charge in [0.2, 0.25) is 0 Å². The Kier molecular flexibility index (Phi) is 9.35. The normalized spacial score (nSPS) is 15.4. The lowest BCUT2D eigenvalue weighted by Crippen LogP contribution is -2.44. The lowest BCUT2D eigenvalue weighted by Gasteiger charge is -2.33. The zero-order valence-corrected chi connectivity index (χ0v) is 19.9. The SMILES string of the molecule is CN=C(NCc1ccc(C(F)(F)F)cc1)NCc1ccc(N2CCN(C)CC2)nc1.I. The molecule has 0 radical (unpaired) electrons. The molecule has 1 fully saturated rings. The van der Waals surface area contributed by atoms with Crippen molar-refractivity contribution in [2.45, 2.75) is 19.3 Å². The van der Waals surface area contributed by atoms with E-state index >= 15 is 0 Å². The second kappa shape index (κ2) is 11.5. The summed E-state index contributed by atoms with van der Waals surface area (Å²) in [6.07, 6.45) is -2.47. The van der Waals surface area contributed by atoms with E-state index in [1.165, 1.54) is 12.1 Å². The number of pyridine rings is 1. The zero-order valence-electron chi connectivity index (χ0n) is 17.6. The average Bonchev–Trinajstić information content (AvgIpc) is 2.74. The van der Waals surface area contributed by atoms with Crippen LogP contribution in [0.3, 0.4) is 0 Å². The monoisotopic (exact) mass is 548 g/mol. The van der Waals surface area contributed by atoms with Crippen molar-refractivity contribution in [3.05, 3.63) is 59.3 Å². The fourth-order valence-electron chi connectivity index (χ4n) is 3.15. The summed E-state index contributed by atoms with van der Waals surface area (Å²) in [7, 11) is 3.77. The van der Waals surface area contributed by atoms with Gasteiger partial charge in [0, 0.05) is 52.5 Å². The average molecular weight is 548 g/mol. The summed E-state index contributed by atoms with van der Waals surface area (Å²) in [5, 5.41) is 6.30. The first-order valence-electron chi connectivity index (χ1n) is 9.84. The van der Waals surface area contributed by atoms with E-state index in [0.717, 1.165) is 55.3 Å². The Morgan fingerprint density at radius 2 is 1.55 bits per heavy atom. The number of nitrogens with zero attached hydrogens (tertiary/aromatic N) is 4. The lowest BCUT2D eigenvalue weighted by atomic mass is 10.1. The highest BCUT2D eigenvalue weighted by Gasteiger charge is 2.29. The number of guanidine groups is 1. The third-order valence-corrected chi connectivity index (χ3v) is 5.06. The van der Waals surface area contributed by atoms with Crippen molar-refractivity contribution in [3.8, 4) is 0 Å². The van der Waals surface area contributed by atoms with Gasteiger partial charge in [0.1, 0.15) is 5.82 Å². The molecular weight excluding hydrogens is 520 g/mol. The first-order valence-corrected chi connectivity index (χ1v) is 9.84. The molecule has 2 aromatic rings. The summed E-state index contributed by atoms with van der Waals surface area (Å²) >= 11 is 0. The van der Waals surface area contributed by atoms with Gasteiger partial charge in [-0.3, -0.25) is 4.99 Å². The third-order valence-electron chi connectivity index (χ3n) is 5.06. The van der Waals surface area contributed by atoms with Crippen molar-refractivity contribution >= 4 is 35.8 Å². The number of hydrogen-bond acceptors (Lipinski definition) is 4. The van der Waals surface area contributed by atoms with Gasteiger partial charge in [0.15, 0.2) is 5.96 Å². The molecule has 3 rings (SSSR count). The van der Waals surface area contributed by atoms with Crippen LogP contribution in [-0.4, -0.2) is 56.1 Å². The molecule has 1 saturated heterocycles.